The summed E-state index contributed by atoms with van der Waals surface area (Å²) in [5.41, 5.74) is 7.36. The molecule has 0 atom stereocenters. The Morgan fingerprint density at radius 2 is 1.71 bits per heavy atom. The second kappa shape index (κ2) is 9.52. The largest absolute Gasteiger partial charge is 0.375 e. The van der Waals surface area contributed by atoms with Gasteiger partial charge in [-0.1, -0.05) is 42.5 Å². The third-order valence-corrected chi connectivity index (χ3v) is 5.18. The van der Waals surface area contributed by atoms with Crippen LogP contribution in [0, 0.1) is 0 Å². The van der Waals surface area contributed by atoms with E-state index in [9.17, 15) is 25.2 Å². The lowest BCUT2D eigenvalue weighted by atomic mass is 10.0. The number of nitrogens with two attached hydrogens (primary N) is 1. The van der Waals surface area contributed by atoms with Crippen LogP contribution < -0.4 is 16.4 Å². The molecule has 3 aromatic rings. The molecule has 0 bridgehead atoms. The highest BCUT2D eigenvalue weighted by Crippen LogP contribution is 2.21. The summed E-state index contributed by atoms with van der Waals surface area (Å²) in [5.74, 6) is -4.98. The van der Waals surface area contributed by atoms with Crippen molar-refractivity contribution in [1.82, 2.24) is 10.3 Å². The highest BCUT2D eigenvalue weighted by Gasteiger charge is 2.31. The standard InChI is InChI=1S/C21H24N4O5S/c22-19-25-17(12-31-19)10-18(26)24-16-8-6-15(7-9-16)20(27,28)13-23-21(29,30)11-14-4-2-1-3-5-14/h1-9,12,23,27-30H,10-11,13H2,(H2,22,25)(H,24,26). The summed E-state index contributed by atoms with van der Waals surface area (Å²) < 4.78 is 0. The van der Waals surface area contributed by atoms with Gasteiger partial charge in [0.05, 0.1) is 18.7 Å². The first-order valence-electron chi connectivity index (χ1n) is 9.42. The van der Waals surface area contributed by atoms with Crippen LogP contribution in [-0.2, 0) is 23.4 Å². The lowest BCUT2D eigenvalue weighted by Gasteiger charge is -2.29. The number of aromatic nitrogens is 1. The Kier molecular flexibility index (Phi) is 7.01. The molecule has 0 radical (unpaired) electrons. The zero-order valence-electron chi connectivity index (χ0n) is 16.5. The van der Waals surface area contributed by atoms with Crippen LogP contribution in [0.2, 0.25) is 0 Å². The van der Waals surface area contributed by atoms with E-state index >= 15 is 0 Å². The van der Waals surface area contributed by atoms with E-state index in [0.717, 1.165) is 0 Å². The van der Waals surface area contributed by atoms with Gasteiger partial charge in [0.15, 0.2) is 5.13 Å². The lowest BCUT2D eigenvalue weighted by Crippen LogP contribution is -2.52. The third-order valence-electron chi connectivity index (χ3n) is 4.45. The molecule has 2 aromatic carbocycles. The van der Waals surface area contributed by atoms with E-state index in [1.807, 2.05) is 0 Å². The number of nitrogen functional groups attached to an aromatic ring is 1. The van der Waals surface area contributed by atoms with Crippen LogP contribution >= 0.6 is 11.3 Å². The van der Waals surface area contributed by atoms with E-state index in [1.165, 1.54) is 35.6 Å². The first kappa shape index (κ1) is 22.8. The summed E-state index contributed by atoms with van der Waals surface area (Å²) in [6, 6.07) is 14.7. The van der Waals surface area contributed by atoms with E-state index in [1.54, 1.807) is 35.7 Å². The molecule has 1 aromatic heterocycles. The van der Waals surface area contributed by atoms with E-state index in [4.69, 9.17) is 5.73 Å². The second-order valence-electron chi connectivity index (χ2n) is 7.13. The summed E-state index contributed by atoms with van der Waals surface area (Å²) >= 11 is 1.25. The molecule has 9 nitrogen and oxygen atoms in total. The molecule has 0 saturated carbocycles. The molecule has 0 fully saturated rings. The second-order valence-corrected chi connectivity index (χ2v) is 8.02. The van der Waals surface area contributed by atoms with Gasteiger partial charge in [0.2, 0.25) is 17.6 Å². The SMILES string of the molecule is Nc1nc(CC(=O)Nc2ccc(C(O)(O)CNC(O)(O)Cc3ccccc3)cc2)cs1. The first-order chi connectivity index (χ1) is 14.6. The van der Waals surface area contributed by atoms with Gasteiger partial charge in [0.25, 0.3) is 0 Å². The van der Waals surface area contributed by atoms with E-state index in [2.05, 4.69) is 15.6 Å². The van der Waals surface area contributed by atoms with Crippen molar-refractivity contribution >= 4 is 28.1 Å². The number of hydrogen-bond acceptors (Lipinski definition) is 9. The fraction of sp³-hybridized carbons (Fsp3) is 0.238. The van der Waals surface area contributed by atoms with Gasteiger partial charge in [0, 0.05) is 23.1 Å². The van der Waals surface area contributed by atoms with Crippen LogP contribution in [0.1, 0.15) is 16.8 Å². The normalized spacial score (nSPS) is 12.0. The number of aliphatic hydroxyl groups is 4. The van der Waals surface area contributed by atoms with E-state index in [-0.39, 0.29) is 24.3 Å². The maximum Gasteiger partial charge on any atom is 0.230 e. The molecule has 8 N–H and O–H groups in total. The van der Waals surface area contributed by atoms with Crippen LogP contribution in [0.4, 0.5) is 10.8 Å². The van der Waals surface area contributed by atoms with Crippen LogP contribution in [0.3, 0.4) is 0 Å². The number of thiazole rings is 1. The number of rotatable bonds is 9. The number of benzene rings is 2. The Balaban J connectivity index is 1.55. The number of anilines is 2. The van der Waals surface area contributed by atoms with Crippen molar-refractivity contribution in [2.45, 2.75) is 24.5 Å². The Hall–Kier alpha value is -2.86. The Labute approximate surface area is 182 Å². The van der Waals surface area contributed by atoms with Gasteiger partial charge in [-0.3, -0.25) is 10.1 Å². The molecule has 0 aliphatic heterocycles. The molecule has 164 valence electrons. The third kappa shape index (κ3) is 6.82. The lowest BCUT2D eigenvalue weighted by molar-refractivity contribution is -0.221. The van der Waals surface area contributed by atoms with Gasteiger partial charge in [-0.05, 0) is 17.7 Å². The minimum Gasteiger partial charge on any atom is -0.375 e. The van der Waals surface area contributed by atoms with Crippen LogP contribution in [0.25, 0.3) is 0 Å². The molecule has 0 aliphatic carbocycles. The van der Waals surface area contributed by atoms with Crippen molar-refractivity contribution in [2.75, 3.05) is 17.6 Å². The van der Waals surface area contributed by atoms with Crippen molar-refractivity contribution < 1.29 is 25.2 Å². The summed E-state index contributed by atoms with van der Waals surface area (Å²) in [6.07, 6.45) is -0.0701. The highest BCUT2D eigenvalue weighted by molar-refractivity contribution is 7.13. The molecular formula is C21H24N4O5S. The van der Waals surface area contributed by atoms with E-state index in [0.29, 0.717) is 22.1 Å². The Bertz CT molecular complexity index is 1010. The zero-order valence-corrected chi connectivity index (χ0v) is 17.3. The van der Waals surface area contributed by atoms with Crippen LogP contribution in [0.15, 0.2) is 60.0 Å². The fourth-order valence-electron chi connectivity index (χ4n) is 2.90. The molecule has 0 aliphatic rings. The number of hydrogen-bond donors (Lipinski definition) is 7. The smallest absolute Gasteiger partial charge is 0.230 e. The number of carbonyl (C=O) groups excluding carboxylic acids is 1. The summed E-state index contributed by atoms with van der Waals surface area (Å²) in [6.45, 7) is -0.538. The number of carbonyl (C=O) groups is 1. The van der Waals surface area contributed by atoms with Gasteiger partial charge >= 0.3 is 0 Å². The van der Waals surface area contributed by atoms with Gasteiger partial charge < -0.3 is 31.5 Å². The maximum atomic E-state index is 12.1. The van der Waals surface area contributed by atoms with Crippen molar-refractivity contribution in [3.05, 3.63) is 76.8 Å². The van der Waals surface area contributed by atoms with Crippen molar-refractivity contribution in [2.24, 2.45) is 0 Å². The zero-order chi connectivity index (χ0) is 22.5. The highest BCUT2D eigenvalue weighted by atomic mass is 32.1. The molecule has 10 heteroatoms. The molecule has 1 amide bonds. The number of amides is 1. The van der Waals surface area contributed by atoms with Crippen LogP contribution in [0.5, 0.6) is 0 Å². The molecule has 0 unspecified atom stereocenters. The Morgan fingerprint density at radius 3 is 2.32 bits per heavy atom. The average molecular weight is 445 g/mol. The molecule has 0 saturated heterocycles. The van der Waals surface area contributed by atoms with Gasteiger partial charge in [-0.25, -0.2) is 4.98 Å². The van der Waals surface area contributed by atoms with Crippen molar-refractivity contribution in [3.8, 4) is 0 Å². The Morgan fingerprint density at radius 1 is 1.03 bits per heavy atom. The molecule has 1 heterocycles. The molecule has 3 rings (SSSR count). The monoisotopic (exact) mass is 444 g/mol. The van der Waals surface area contributed by atoms with E-state index < -0.39 is 18.2 Å². The number of nitrogens with zero attached hydrogens (tertiary/aromatic N) is 1. The van der Waals surface area contributed by atoms with Crippen molar-refractivity contribution in [3.63, 3.8) is 0 Å². The topological polar surface area (TPSA) is 161 Å². The fourth-order valence-corrected chi connectivity index (χ4v) is 3.47. The average Bonchev–Trinajstić information content (AvgIpc) is 3.12. The minimum atomic E-state index is -2.37. The summed E-state index contributed by atoms with van der Waals surface area (Å²) in [7, 11) is 0. The molecular weight excluding hydrogens is 420 g/mol. The van der Waals surface area contributed by atoms with Gasteiger partial charge in [-0.2, -0.15) is 0 Å². The minimum absolute atomic E-state index is 0.0693. The van der Waals surface area contributed by atoms with Gasteiger partial charge in [0.1, 0.15) is 0 Å². The predicted octanol–water partition coefficient (Wildman–Crippen LogP) is 0.515. The van der Waals surface area contributed by atoms with Crippen LogP contribution in [-0.4, -0.2) is 43.8 Å². The number of nitrogens with one attached hydrogen (secondary N) is 2. The predicted molar refractivity (Wildman–Crippen MR) is 117 cm³/mol. The van der Waals surface area contributed by atoms with Gasteiger partial charge in [-0.15, -0.1) is 11.3 Å². The van der Waals surface area contributed by atoms with Crippen molar-refractivity contribution in [1.29, 1.82) is 0 Å². The summed E-state index contributed by atoms with van der Waals surface area (Å²) in [5, 5.41) is 48.0. The first-order valence-corrected chi connectivity index (χ1v) is 10.3. The quantitative estimate of drug-likeness (QED) is 0.235. The maximum absolute atomic E-state index is 12.1. The molecule has 0 spiro atoms. The molecule has 31 heavy (non-hydrogen) atoms. The summed E-state index contributed by atoms with van der Waals surface area (Å²) in [4.78, 5) is 16.1.